The number of nitro groups is 1. The van der Waals surface area contributed by atoms with E-state index >= 15 is 0 Å². The van der Waals surface area contributed by atoms with Crippen LogP contribution in [0.1, 0.15) is 5.56 Å². The minimum absolute atomic E-state index is 0.136. The van der Waals surface area contributed by atoms with Crippen LogP contribution < -0.4 is 10.5 Å². The van der Waals surface area contributed by atoms with Gasteiger partial charge in [0.05, 0.1) is 23.1 Å². The van der Waals surface area contributed by atoms with E-state index in [0.29, 0.717) is 11.3 Å². The molecule has 0 atom stereocenters. The zero-order valence-electron chi connectivity index (χ0n) is 10.7. The molecule has 0 unspecified atom stereocenters. The second-order valence-electron chi connectivity index (χ2n) is 3.85. The van der Waals surface area contributed by atoms with Crippen LogP contribution in [0.15, 0.2) is 36.7 Å². The third kappa shape index (κ3) is 3.52. The Balaban J connectivity index is 2.32. The van der Waals surface area contributed by atoms with E-state index in [1.54, 1.807) is 0 Å². The lowest BCUT2D eigenvalue weighted by Crippen LogP contribution is -1.96. The third-order valence-electron chi connectivity index (χ3n) is 2.45. The van der Waals surface area contributed by atoms with Crippen LogP contribution >= 0.6 is 0 Å². The molecule has 106 valence electrons. The molecule has 2 rings (SSSR count). The molecule has 7 heteroatoms. The maximum atomic E-state index is 13.8. The zero-order chi connectivity index (χ0) is 15.2. The molecule has 0 aliphatic carbocycles. The average Bonchev–Trinajstić information content (AvgIpc) is 2.48. The fourth-order valence-electron chi connectivity index (χ4n) is 1.52. The summed E-state index contributed by atoms with van der Waals surface area (Å²) in [6.45, 7) is 0.167. The van der Waals surface area contributed by atoms with E-state index in [0.717, 1.165) is 12.1 Å². The predicted molar refractivity (Wildman–Crippen MR) is 73.3 cm³/mol. The molecule has 0 fully saturated rings. The summed E-state index contributed by atoms with van der Waals surface area (Å²) in [7, 11) is 0. The van der Waals surface area contributed by atoms with Crippen LogP contribution in [0.4, 0.5) is 10.1 Å². The molecule has 1 aromatic carbocycles. The van der Waals surface area contributed by atoms with Crippen molar-refractivity contribution in [2.24, 2.45) is 5.73 Å². The van der Waals surface area contributed by atoms with Crippen LogP contribution in [0, 0.1) is 27.8 Å². The van der Waals surface area contributed by atoms with Gasteiger partial charge in [0.25, 0.3) is 5.69 Å². The fourth-order valence-corrected chi connectivity index (χ4v) is 1.52. The maximum Gasteiger partial charge on any atom is 0.272 e. The lowest BCUT2D eigenvalue weighted by Gasteiger charge is -2.08. The van der Waals surface area contributed by atoms with Crippen LogP contribution in [0.2, 0.25) is 0 Å². The van der Waals surface area contributed by atoms with Crippen molar-refractivity contribution >= 4 is 5.69 Å². The highest BCUT2D eigenvalue weighted by molar-refractivity contribution is 5.47. The van der Waals surface area contributed by atoms with E-state index in [-0.39, 0.29) is 18.0 Å². The Bertz CT molecular complexity index is 738. The van der Waals surface area contributed by atoms with Gasteiger partial charge < -0.3 is 10.5 Å². The van der Waals surface area contributed by atoms with E-state index in [1.807, 2.05) is 0 Å². The number of pyridine rings is 1. The van der Waals surface area contributed by atoms with Crippen LogP contribution in [-0.2, 0) is 0 Å². The van der Waals surface area contributed by atoms with E-state index in [1.165, 1.54) is 24.5 Å². The van der Waals surface area contributed by atoms with Gasteiger partial charge in [-0.2, -0.15) is 0 Å². The number of benzene rings is 1. The summed E-state index contributed by atoms with van der Waals surface area (Å²) in [6.07, 6.45) is 2.92. The molecule has 6 nitrogen and oxygen atoms in total. The van der Waals surface area contributed by atoms with Crippen molar-refractivity contribution < 1.29 is 14.1 Å². The van der Waals surface area contributed by atoms with E-state index < -0.39 is 10.7 Å². The van der Waals surface area contributed by atoms with Crippen molar-refractivity contribution in [3.8, 4) is 23.3 Å². The Morgan fingerprint density at radius 2 is 2.19 bits per heavy atom. The molecule has 21 heavy (non-hydrogen) atoms. The quantitative estimate of drug-likeness (QED) is 0.531. The SMILES string of the molecule is NCC#Cc1cnccc1Oc1ccc([N+](=O)[O-])cc1F. The summed E-state index contributed by atoms with van der Waals surface area (Å²) >= 11 is 0. The first-order valence-electron chi connectivity index (χ1n) is 5.86. The second-order valence-corrected chi connectivity index (χ2v) is 3.85. The molecule has 0 spiro atoms. The number of nitro benzene ring substituents is 1. The van der Waals surface area contributed by atoms with Gasteiger partial charge in [-0.3, -0.25) is 15.1 Å². The number of ether oxygens (including phenoxy) is 1. The summed E-state index contributed by atoms with van der Waals surface area (Å²) in [4.78, 5) is 13.8. The molecule has 2 N–H and O–H groups in total. The van der Waals surface area contributed by atoms with Gasteiger partial charge in [-0.15, -0.1) is 0 Å². The first-order chi connectivity index (χ1) is 10.1. The monoisotopic (exact) mass is 287 g/mol. The molecular formula is C14H10FN3O3. The molecule has 0 radical (unpaired) electrons. The summed E-state index contributed by atoms with van der Waals surface area (Å²) < 4.78 is 19.2. The van der Waals surface area contributed by atoms with Crippen LogP contribution in [-0.4, -0.2) is 16.5 Å². The van der Waals surface area contributed by atoms with Gasteiger partial charge in [0, 0.05) is 24.5 Å². The first-order valence-corrected chi connectivity index (χ1v) is 5.86. The number of rotatable bonds is 3. The topological polar surface area (TPSA) is 91.3 Å². The number of aromatic nitrogens is 1. The van der Waals surface area contributed by atoms with Crippen LogP contribution in [0.5, 0.6) is 11.5 Å². The number of halogens is 1. The summed E-state index contributed by atoms with van der Waals surface area (Å²) in [6, 6.07) is 4.65. The molecule has 0 amide bonds. The van der Waals surface area contributed by atoms with E-state index in [2.05, 4.69) is 16.8 Å². The highest BCUT2D eigenvalue weighted by atomic mass is 19.1. The first kappa shape index (κ1) is 14.4. The molecule has 1 heterocycles. The molecule has 0 saturated heterocycles. The van der Waals surface area contributed by atoms with Gasteiger partial charge >= 0.3 is 0 Å². The Labute approximate surface area is 119 Å². The number of hydrogen-bond acceptors (Lipinski definition) is 5. The summed E-state index contributed by atoms with van der Waals surface area (Å²) in [5.74, 6) is 4.71. The highest BCUT2D eigenvalue weighted by Gasteiger charge is 2.13. The van der Waals surface area contributed by atoms with Crippen molar-refractivity contribution in [3.05, 3.63) is 58.2 Å². The number of non-ortho nitro benzene ring substituents is 1. The summed E-state index contributed by atoms with van der Waals surface area (Å²) in [5.41, 5.74) is 5.39. The van der Waals surface area contributed by atoms with Gasteiger partial charge in [0.15, 0.2) is 11.6 Å². The molecule has 0 saturated carbocycles. The number of hydrogen-bond donors (Lipinski definition) is 1. The fraction of sp³-hybridized carbons (Fsp3) is 0.0714. The Morgan fingerprint density at radius 3 is 2.86 bits per heavy atom. The Kier molecular flexibility index (Phi) is 4.43. The smallest absolute Gasteiger partial charge is 0.272 e. The molecule has 1 aromatic heterocycles. The van der Waals surface area contributed by atoms with Crippen molar-refractivity contribution in [2.45, 2.75) is 0 Å². The third-order valence-corrected chi connectivity index (χ3v) is 2.45. The van der Waals surface area contributed by atoms with Gasteiger partial charge in [0.1, 0.15) is 5.75 Å². The van der Waals surface area contributed by atoms with Crippen molar-refractivity contribution in [3.63, 3.8) is 0 Å². The normalized spacial score (nSPS) is 9.62. The van der Waals surface area contributed by atoms with Gasteiger partial charge in [-0.05, 0) is 6.07 Å². The molecule has 0 aliphatic heterocycles. The van der Waals surface area contributed by atoms with Crippen LogP contribution in [0.3, 0.4) is 0 Å². The van der Waals surface area contributed by atoms with Crippen LogP contribution in [0.25, 0.3) is 0 Å². The number of nitrogens with two attached hydrogens (primary N) is 1. The summed E-state index contributed by atoms with van der Waals surface area (Å²) in [5, 5.41) is 10.6. The van der Waals surface area contributed by atoms with Gasteiger partial charge in [-0.1, -0.05) is 11.8 Å². The van der Waals surface area contributed by atoms with Crippen molar-refractivity contribution in [2.75, 3.05) is 6.54 Å². The van der Waals surface area contributed by atoms with Crippen molar-refractivity contribution in [1.82, 2.24) is 4.98 Å². The molecule has 0 aliphatic rings. The molecule has 0 bridgehead atoms. The zero-order valence-corrected chi connectivity index (χ0v) is 10.7. The Morgan fingerprint density at radius 1 is 1.38 bits per heavy atom. The van der Waals surface area contributed by atoms with E-state index in [4.69, 9.17) is 10.5 Å². The number of nitrogens with zero attached hydrogens (tertiary/aromatic N) is 2. The minimum atomic E-state index is -0.834. The van der Waals surface area contributed by atoms with Gasteiger partial charge in [0.2, 0.25) is 0 Å². The second kappa shape index (κ2) is 6.45. The minimum Gasteiger partial charge on any atom is -0.453 e. The Hall–Kier alpha value is -2.98. The van der Waals surface area contributed by atoms with Gasteiger partial charge in [-0.25, -0.2) is 4.39 Å². The largest absolute Gasteiger partial charge is 0.453 e. The predicted octanol–water partition coefficient (Wildman–Crippen LogP) is 2.23. The lowest BCUT2D eigenvalue weighted by molar-refractivity contribution is -0.385. The standard InChI is InChI=1S/C14H10FN3O3/c15-12-8-11(18(19)20)3-4-14(12)21-13-5-7-17-9-10(13)2-1-6-16/h3-5,7-9H,6,16H2. The van der Waals surface area contributed by atoms with Crippen molar-refractivity contribution in [1.29, 1.82) is 0 Å². The highest BCUT2D eigenvalue weighted by Crippen LogP contribution is 2.28. The lowest BCUT2D eigenvalue weighted by atomic mass is 10.2. The van der Waals surface area contributed by atoms with E-state index in [9.17, 15) is 14.5 Å². The maximum absolute atomic E-state index is 13.8. The average molecular weight is 287 g/mol. The molecular weight excluding hydrogens is 277 g/mol. The molecule has 2 aromatic rings.